The number of carbonyl (C=O) groups is 2. The van der Waals surface area contributed by atoms with Crippen molar-refractivity contribution in [3.8, 4) is 72.1 Å². The Bertz CT molecular complexity index is 799. The van der Waals surface area contributed by atoms with Crippen LogP contribution in [0.4, 0.5) is 0 Å². The molecule has 1 aliphatic rings. The molecule has 0 amide bonds. The Balaban J connectivity index is 2.90. The largest absolute Gasteiger partial charge is 0.299 e. The van der Waals surface area contributed by atoms with E-state index in [0.717, 1.165) is 19.3 Å². The summed E-state index contributed by atoms with van der Waals surface area (Å²) < 4.78 is 0. The molecule has 0 aromatic rings. The molecule has 1 aliphatic carbocycles. The highest BCUT2D eigenvalue weighted by Crippen LogP contribution is 2.29. The second kappa shape index (κ2) is 10.4. The molecule has 0 aromatic carbocycles. The van der Waals surface area contributed by atoms with Crippen LogP contribution in [0.5, 0.6) is 0 Å². The van der Waals surface area contributed by atoms with Crippen molar-refractivity contribution in [2.75, 3.05) is 0 Å². The number of ketones is 2. The lowest BCUT2D eigenvalue weighted by atomic mass is 9.77. The lowest BCUT2D eigenvalue weighted by molar-refractivity contribution is -0.126. The summed E-state index contributed by atoms with van der Waals surface area (Å²) in [6.45, 7) is 0. The van der Waals surface area contributed by atoms with E-state index in [0.29, 0.717) is 6.42 Å². The average molecular weight is 298 g/mol. The molecule has 0 N–H and O–H groups in total. The van der Waals surface area contributed by atoms with Gasteiger partial charge in [0.2, 0.25) is 5.78 Å². The molecular formula is C21H14O2. The zero-order chi connectivity index (χ0) is 16.9. The maximum absolute atomic E-state index is 12.1. The summed E-state index contributed by atoms with van der Waals surface area (Å²) in [6.07, 6.45) is 13.2. The zero-order valence-electron chi connectivity index (χ0n) is 12.7. The maximum Gasteiger partial charge on any atom is 0.207 e. The van der Waals surface area contributed by atoms with Gasteiger partial charge in [0.25, 0.3) is 0 Å². The third-order valence-corrected chi connectivity index (χ3v) is 3.35. The highest BCUT2D eigenvalue weighted by Gasteiger charge is 2.30. The smallest absolute Gasteiger partial charge is 0.207 e. The highest BCUT2D eigenvalue weighted by molar-refractivity contribution is 5.97. The predicted molar refractivity (Wildman–Crippen MR) is 88.8 cm³/mol. The molecule has 23 heavy (non-hydrogen) atoms. The van der Waals surface area contributed by atoms with Gasteiger partial charge in [0.05, 0.1) is 0 Å². The Kier molecular flexibility index (Phi) is 8.05. The summed E-state index contributed by atoms with van der Waals surface area (Å²) in [5.74, 6) is 23.3. The molecule has 1 fully saturated rings. The summed E-state index contributed by atoms with van der Waals surface area (Å²) in [4.78, 5) is 24.0. The van der Waals surface area contributed by atoms with Crippen molar-refractivity contribution in [2.24, 2.45) is 11.8 Å². The standard InChI is InChI=1S/C21H14O2/c1-3-5-7-9-13-18(20-15-11-12-16-21(20)23)17-19(22)14-10-8-6-4-2/h1-2,18,20H,11-12,15-17H2. The first kappa shape index (κ1) is 17.8. The van der Waals surface area contributed by atoms with Crippen molar-refractivity contribution in [3.05, 3.63) is 0 Å². The molecule has 0 bridgehead atoms. The van der Waals surface area contributed by atoms with E-state index in [2.05, 4.69) is 59.2 Å². The number of hydrogen-bond acceptors (Lipinski definition) is 2. The summed E-state index contributed by atoms with van der Waals surface area (Å²) in [7, 11) is 0. The van der Waals surface area contributed by atoms with E-state index >= 15 is 0 Å². The Morgan fingerprint density at radius 3 is 2.39 bits per heavy atom. The molecule has 2 atom stereocenters. The van der Waals surface area contributed by atoms with E-state index in [-0.39, 0.29) is 23.9 Å². The minimum absolute atomic E-state index is 0.0753. The monoisotopic (exact) mass is 298 g/mol. The molecule has 2 nitrogen and oxygen atoms in total. The van der Waals surface area contributed by atoms with Crippen LogP contribution in [-0.2, 0) is 9.59 Å². The van der Waals surface area contributed by atoms with E-state index in [1.165, 1.54) is 0 Å². The van der Waals surface area contributed by atoms with Crippen LogP contribution in [0, 0.1) is 83.9 Å². The fraction of sp³-hybridized carbons (Fsp3) is 0.333. The van der Waals surface area contributed by atoms with Gasteiger partial charge >= 0.3 is 0 Å². The summed E-state index contributed by atoms with van der Waals surface area (Å²) in [5.41, 5.74) is 0. The number of rotatable bonds is 3. The lowest BCUT2D eigenvalue weighted by Crippen LogP contribution is -2.27. The van der Waals surface area contributed by atoms with Crippen LogP contribution in [-0.4, -0.2) is 11.6 Å². The number of terminal acetylenes is 2. The molecule has 2 unspecified atom stereocenters. The van der Waals surface area contributed by atoms with Gasteiger partial charge in [-0.3, -0.25) is 9.59 Å². The highest BCUT2D eigenvalue weighted by atomic mass is 16.1. The van der Waals surface area contributed by atoms with Crippen molar-refractivity contribution in [2.45, 2.75) is 32.1 Å². The molecule has 0 aliphatic heterocycles. The van der Waals surface area contributed by atoms with E-state index in [4.69, 9.17) is 12.8 Å². The number of carbonyl (C=O) groups excluding carboxylic acids is 2. The minimum Gasteiger partial charge on any atom is -0.299 e. The first-order valence-electron chi connectivity index (χ1n) is 7.17. The van der Waals surface area contributed by atoms with Crippen molar-refractivity contribution >= 4 is 11.6 Å². The van der Waals surface area contributed by atoms with Gasteiger partial charge in [-0.25, -0.2) is 0 Å². The van der Waals surface area contributed by atoms with E-state index in [1.807, 2.05) is 0 Å². The molecule has 1 saturated carbocycles. The molecule has 0 heterocycles. The van der Waals surface area contributed by atoms with Gasteiger partial charge in [-0.15, -0.1) is 12.8 Å². The normalized spacial score (nSPS) is 16.1. The molecule has 110 valence electrons. The summed E-state index contributed by atoms with van der Waals surface area (Å²) >= 11 is 0. The minimum atomic E-state index is -0.391. The quantitative estimate of drug-likeness (QED) is 0.586. The van der Waals surface area contributed by atoms with Gasteiger partial charge in [0.15, 0.2) is 0 Å². The van der Waals surface area contributed by atoms with Crippen LogP contribution in [0.1, 0.15) is 32.1 Å². The van der Waals surface area contributed by atoms with Crippen molar-refractivity contribution < 1.29 is 9.59 Å². The Labute approximate surface area is 137 Å². The van der Waals surface area contributed by atoms with Crippen molar-refractivity contribution in [3.63, 3.8) is 0 Å². The Morgan fingerprint density at radius 2 is 1.74 bits per heavy atom. The predicted octanol–water partition coefficient (Wildman–Crippen LogP) is 1.60. The SMILES string of the molecule is C#CC#CC#CC(=O)CC(C#CC#CC#C)C1CCCCC1=O. The van der Waals surface area contributed by atoms with Gasteiger partial charge in [0, 0.05) is 24.7 Å². The van der Waals surface area contributed by atoms with E-state index < -0.39 is 5.92 Å². The van der Waals surface area contributed by atoms with Crippen molar-refractivity contribution in [1.82, 2.24) is 0 Å². The topological polar surface area (TPSA) is 34.1 Å². The third-order valence-electron chi connectivity index (χ3n) is 3.35. The zero-order valence-corrected chi connectivity index (χ0v) is 12.7. The number of hydrogen-bond donors (Lipinski definition) is 0. The van der Waals surface area contributed by atoms with Gasteiger partial charge in [-0.05, 0) is 66.1 Å². The van der Waals surface area contributed by atoms with Crippen molar-refractivity contribution in [1.29, 1.82) is 0 Å². The van der Waals surface area contributed by atoms with Gasteiger partial charge in [-0.1, -0.05) is 12.3 Å². The van der Waals surface area contributed by atoms with Crippen LogP contribution in [0.3, 0.4) is 0 Å². The fourth-order valence-electron chi connectivity index (χ4n) is 2.34. The molecular weight excluding hydrogens is 284 g/mol. The molecule has 0 spiro atoms. The molecule has 0 radical (unpaired) electrons. The van der Waals surface area contributed by atoms with Gasteiger partial charge in [0.1, 0.15) is 5.78 Å². The fourth-order valence-corrected chi connectivity index (χ4v) is 2.34. The summed E-state index contributed by atoms with van der Waals surface area (Å²) in [5, 5.41) is 0. The van der Waals surface area contributed by atoms with Crippen LogP contribution < -0.4 is 0 Å². The third kappa shape index (κ3) is 6.80. The lowest BCUT2D eigenvalue weighted by Gasteiger charge is -2.24. The Morgan fingerprint density at radius 1 is 1.04 bits per heavy atom. The Hall–Kier alpha value is -3.30. The van der Waals surface area contributed by atoms with E-state index in [1.54, 1.807) is 0 Å². The molecule has 0 aromatic heterocycles. The van der Waals surface area contributed by atoms with E-state index in [9.17, 15) is 9.59 Å². The van der Waals surface area contributed by atoms with Crippen LogP contribution in [0.25, 0.3) is 0 Å². The molecule has 1 rings (SSSR count). The summed E-state index contributed by atoms with van der Waals surface area (Å²) in [6, 6.07) is 0. The second-order valence-corrected chi connectivity index (χ2v) is 4.86. The van der Waals surface area contributed by atoms with Gasteiger partial charge in [-0.2, -0.15) is 0 Å². The molecule has 0 saturated heterocycles. The van der Waals surface area contributed by atoms with Crippen LogP contribution in [0.2, 0.25) is 0 Å². The van der Waals surface area contributed by atoms with Gasteiger partial charge < -0.3 is 0 Å². The maximum atomic E-state index is 12.1. The second-order valence-electron chi connectivity index (χ2n) is 4.86. The van der Waals surface area contributed by atoms with Crippen LogP contribution >= 0.6 is 0 Å². The number of Topliss-reactive ketones (excluding diaryl/α,β-unsaturated/α-hetero) is 2. The first-order valence-corrected chi connectivity index (χ1v) is 7.17. The first-order chi connectivity index (χ1) is 11.2. The van der Waals surface area contributed by atoms with Crippen LogP contribution in [0.15, 0.2) is 0 Å². The molecule has 2 heteroatoms. The average Bonchev–Trinajstić information content (AvgIpc) is 2.55.